The van der Waals surface area contributed by atoms with Crippen LogP contribution in [0.5, 0.6) is 5.75 Å². The molecule has 3 nitrogen and oxygen atoms in total. The van der Waals surface area contributed by atoms with Gasteiger partial charge in [0, 0.05) is 19.2 Å². The zero-order valence-electron chi connectivity index (χ0n) is 11.4. The van der Waals surface area contributed by atoms with Crippen LogP contribution in [0.15, 0.2) is 18.2 Å². The van der Waals surface area contributed by atoms with Crippen molar-refractivity contribution in [2.24, 2.45) is 0 Å². The van der Waals surface area contributed by atoms with Gasteiger partial charge in [-0.15, -0.1) is 0 Å². The Balaban J connectivity index is 2.03. The molecule has 0 saturated carbocycles. The average Bonchev–Trinajstić information content (AvgIpc) is 2.36. The molecule has 0 aliphatic rings. The summed E-state index contributed by atoms with van der Waals surface area (Å²) in [5.41, 5.74) is 0. The van der Waals surface area contributed by atoms with Gasteiger partial charge in [0.1, 0.15) is 12.4 Å². The quantitative estimate of drug-likeness (QED) is 0.704. The lowest BCUT2D eigenvalue weighted by Gasteiger charge is -2.09. The molecule has 0 aliphatic heterocycles. The van der Waals surface area contributed by atoms with E-state index >= 15 is 0 Å². The van der Waals surface area contributed by atoms with Crippen molar-refractivity contribution in [3.63, 3.8) is 0 Å². The van der Waals surface area contributed by atoms with E-state index in [1.807, 2.05) is 19.9 Å². The highest BCUT2D eigenvalue weighted by molar-refractivity contribution is 6.42. The van der Waals surface area contributed by atoms with Crippen molar-refractivity contribution in [2.45, 2.75) is 26.4 Å². The maximum Gasteiger partial charge on any atom is 0.120 e. The second-order valence-electron chi connectivity index (χ2n) is 4.45. The van der Waals surface area contributed by atoms with Crippen LogP contribution in [-0.2, 0) is 4.74 Å². The van der Waals surface area contributed by atoms with E-state index in [0.29, 0.717) is 22.8 Å². The van der Waals surface area contributed by atoms with Gasteiger partial charge in [0.15, 0.2) is 0 Å². The normalized spacial score (nSPS) is 11.0. The van der Waals surface area contributed by atoms with Crippen molar-refractivity contribution in [2.75, 3.05) is 26.3 Å². The minimum atomic E-state index is 0.304. The molecule has 0 saturated heterocycles. The summed E-state index contributed by atoms with van der Waals surface area (Å²) in [6.45, 7) is 7.19. The fourth-order valence-electron chi connectivity index (χ4n) is 1.45. The van der Waals surface area contributed by atoms with Gasteiger partial charge in [-0.1, -0.05) is 23.2 Å². The van der Waals surface area contributed by atoms with Crippen LogP contribution >= 0.6 is 23.2 Å². The maximum absolute atomic E-state index is 5.90. The van der Waals surface area contributed by atoms with Crippen molar-refractivity contribution in [3.8, 4) is 5.75 Å². The fraction of sp³-hybridized carbons (Fsp3) is 0.571. The molecule has 0 heterocycles. The summed E-state index contributed by atoms with van der Waals surface area (Å²) >= 11 is 11.7. The van der Waals surface area contributed by atoms with E-state index in [0.717, 1.165) is 31.9 Å². The molecule has 0 spiro atoms. The molecule has 0 unspecified atom stereocenters. The molecule has 1 N–H and O–H groups in total. The topological polar surface area (TPSA) is 30.5 Å². The Bertz CT molecular complexity index is 372. The van der Waals surface area contributed by atoms with Gasteiger partial charge in [0.2, 0.25) is 0 Å². The molecular formula is C14H21Cl2NO2. The molecule has 0 radical (unpaired) electrons. The van der Waals surface area contributed by atoms with Crippen LogP contribution in [0.2, 0.25) is 10.0 Å². The van der Waals surface area contributed by atoms with Crippen molar-refractivity contribution in [1.82, 2.24) is 5.32 Å². The van der Waals surface area contributed by atoms with Gasteiger partial charge in [0.05, 0.1) is 16.1 Å². The molecule has 108 valence electrons. The average molecular weight is 306 g/mol. The largest absolute Gasteiger partial charge is 0.492 e. The standard InChI is InChI=1S/C14H21Cl2NO2/c1-11(2)18-8-3-6-17-7-9-19-12-4-5-13(15)14(16)10-12/h4-5,10-11,17H,3,6-9H2,1-2H3. The van der Waals surface area contributed by atoms with E-state index in [9.17, 15) is 0 Å². The van der Waals surface area contributed by atoms with E-state index < -0.39 is 0 Å². The summed E-state index contributed by atoms with van der Waals surface area (Å²) in [5, 5.41) is 4.34. The van der Waals surface area contributed by atoms with Crippen molar-refractivity contribution in [1.29, 1.82) is 0 Å². The summed E-state index contributed by atoms with van der Waals surface area (Å²) in [7, 11) is 0. The van der Waals surface area contributed by atoms with E-state index in [1.165, 1.54) is 0 Å². The Labute approximate surface area is 125 Å². The fourth-order valence-corrected chi connectivity index (χ4v) is 1.74. The lowest BCUT2D eigenvalue weighted by Crippen LogP contribution is -2.23. The molecule has 0 aromatic heterocycles. The number of ether oxygens (including phenoxy) is 2. The monoisotopic (exact) mass is 305 g/mol. The zero-order chi connectivity index (χ0) is 14.1. The Morgan fingerprint density at radius 2 is 1.89 bits per heavy atom. The van der Waals surface area contributed by atoms with E-state index in [4.69, 9.17) is 32.7 Å². The third kappa shape index (κ3) is 7.63. The first-order valence-corrected chi connectivity index (χ1v) is 7.25. The molecule has 19 heavy (non-hydrogen) atoms. The van der Waals surface area contributed by atoms with E-state index in [1.54, 1.807) is 12.1 Å². The van der Waals surface area contributed by atoms with Gasteiger partial charge < -0.3 is 14.8 Å². The zero-order valence-corrected chi connectivity index (χ0v) is 12.9. The van der Waals surface area contributed by atoms with Crippen LogP contribution < -0.4 is 10.1 Å². The molecule has 0 fully saturated rings. The molecular weight excluding hydrogens is 285 g/mol. The molecule has 1 aromatic carbocycles. The van der Waals surface area contributed by atoms with Gasteiger partial charge in [-0.05, 0) is 38.9 Å². The van der Waals surface area contributed by atoms with Crippen LogP contribution in [0.3, 0.4) is 0 Å². The third-order valence-corrected chi connectivity index (χ3v) is 3.13. The minimum Gasteiger partial charge on any atom is -0.492 e. The molecule has 0 atom stereocenters. The number of benzene rings is 1. The van der Waals surface area contributed by atoms with Crippen LogP contribution in [0.25, 0.3) is 0 Å². The molecule has 0 aliphatic carbocycles. The SMILES string of the molecule is CC(C)OCCCNCCOc1ccc(Cl)c(Cl)c1. The highest BCUT2D eigenvalue weighted by Crippen LogP contribution is 2.26. The van der Waals surface area contributed by atoms with Crippen LogP contribution in [0.4, 0.5) is 0 Å². The van der Waals surface area contributed by atoms with Gasteiger partial charge in [0.25, 0.3) is 0 Å². The summed E-state index contributed by atoms with van der Waals surface area (Å²) in [4.78, 5) is 0. The highest BCUT2D eigenvalue weighted by atomic mass is 35.5. The van der Waals surface area contributed by atoms with Crippen LogP contribution in [0.1, 0.15) is 20.3 Å². The number of halogens is 2. The molecule has 0 amide bonds. The predicted molar refractivity (Wildman–Crippen MR) is 80.5 cm³/mol. The van der Waals surface area contributed by atoms with Crippen molar-refractivity contribution >= 4 is 23.2 Å². The first-order valence-electron chi connectivity index (χ1n) is 6.49. The number of hydrogen-bond donors (Lipinski definition) is 1. The Morgan fingerprint density at radius 1 is 1.11 bits per heavy atom. The van der Waals surface area contributed by atoms with Crippen molar-refractivity contribution < 1.29 is 9.47 Å². The second kappa shape index (κ2) is 9.43. The molecule has 5 heteroatoms. The summed E-state index contributed by atoms with van der Waals surface area (Å²) in [5.74, 6) is 0.736. The summed E-state index contributed by atoms with van der Waals surface area (Å²) < 4.78 is 11.0. The summed E-state index contributed by atoms with van der Waals surface area (Å²) in [6, 6.07) is 5.26. The van der Waals surface area contributed by atoms with E-state index in [2.05, 4.69) is 5.32 Å². The van der Waals surface area contributed by atoms with Crippen LogP contribution in [0, 0.1) is 0 Å². The number of hydrogen-bond acceptors (Lipinski definition) is 3. The van der Waals surface area contributed by atoms with Crippen molar-refractivity contribution in [3.05, 3.63) is 28.2 Å². The van der Waals surface area contributed by atoms with E-state index in [-0.39, 0.29) is 0 Å². The Kier molecular flexibility index (Phi) is 8.22. The second-order valence-corrected chi connectivity index (χ2v) is 5.26. The summed E-state index contributed by atoms with van der Waals surface area (Å²) in [6.07, 6.45) is 1.31. The first kappa shape index (κ1) is 16.6. The number of nitrogens with one attached hydrogen (secondary N) is 1. The van der Waals surface area contributed by atoms with Crippen LogP contribution in [-0.4, -0.2) is 32.4 Å². The van der Waals surface area contributed by atoms with Gasteiger partial charge in [-0.2, -0.15) is 0 Å². The Morgan fingerprint density at radius 3 is 2.58 bits per heavy atom. The minimum absolute atomic E-state index is 0.304. The lowest BCUT2D eigenvalue weighted by atomic mass is 10.3. The molecule has 1 rings (SSSR count). The Hall–Kier alpha value is -0.480. The highest BCUT2D eigenvalue weighted by Gasteiger charge is 2.00. The predicted octanol–water partition coefficient (Wildman–Crippen LogP) is 3.78. The molecule has 1 aromatic rings. The smallest absolute Gasteiger partial charge is 0.120 e. The maximum atomic E-state index is 5.90. The number of rotatable bonds is 9. The van der Waals surface area contributed by atoms with Gasteiger partial charge >= 0.3 is 0 Å². The first-order chi connectivity index (χ1) is 9.09. The lowest BCUT2D eigenvalue weighted by molar-refractivity contribution is 0.0770. The third-order valence-electron chi connectivity index (χ3n) is 2.39. The molecule has 0 bridgehead atoms. The van der Waals surface area contributed by atoms with Gasteiger partial charge in [-0.3, -0.25) is 0 Å². The van der Waals surface area contributed by atoms with Gasteiger partial charge in [-0.25, -0.2) is 0 Å².